The minimum absolute atomic E-state index is 0.0267. The highest BCUT2D eigenvalue weighted by Gasteiger charge is 2.77. The van der Waals surface area contributed by atoms with Crippen LogP contribution in [0.5, 0.6) is 0 Å². The molecule has 4 saturated carbocycles. The molecule has 3 heterocycles. The van der Waals surface area contributed by atoms with Crippen LogP contribution in [0.3, 0.4) is 0 Å². The summed E-state index contributed by atoms with van der Waals surface area (Å²) >= 11 is 0. The van der Waals surface area contributed by atoms with E-state index in [1.807, 2.05) is 27.7 Å². The summed E-state index contributed by atoms with van der Waals surface area (Å²) < 4.78 is 67.6. The van der Waals surface area contributed by atoms with Gasteiger partial charge in [-0.3, -0.25) is 9.59 Å². The molecule has 17 nitrogen and oxygen atoms in total. The molecule has 7 aliphatic rings. The molecule has 0 aromatic rings. The van der Waals surface area contributed by atoms with E-state index in [1.54, 1.807) is 35.0 Å². The lowest BCUT2D eigenvalue weighted by Gasteiger charge is -2.66. The van der Waals surface area contributed by atoms with Crippen LogP contribution in [0.2, 0.25) is 0 Å². The van der Waals surface area contributed by atoms with E-state index in [-0.39, 0.29) is 53.7 Å². The number of esters is 2. The SMILES string of the molecule is CC[C@@H](C)C(=O)O[C@@H](C)[C@]1(O)CC[C@]2(O)[C@@H]3CC[C@H]4C[C@@H](O[C@@H]5C[C@H](OC)[C@H](O[C@H]6C[C@@H](OC)[C@H](O[C@@H]7O[C@H](C)[C@@H](O)[C@H](OC)[C@H]7O)[C@@H](C)O6)[C@@H](C)O5)CC[C@]4(C)[C@H]3C[C@@H](OC(C)=O)[C@]12C. The molecule has 0 bridgehead atoms. The smallest absolute Gasteiger partial charge is 0.309 e. The Hall–Kier alpha value is -1.58. The first-order valence-electron chi connectivity index (χ1n) is 24.8. The van der Waals surface area contributed by atoms with E-state index in [0.29, 0.717) is 32.1 Å². The predicted octanol–water partition coefficient (Wildman–Crippen LogP) is 4.33. The van der Waals surface area contributed by atoms with E-state index in [4.69, 9.17) is 52.1 Å². The number of hydrogen-bond donors (Lipinski definition) is 4. The predicted molar refractivity (Wildman–Crippen MR) is 235 cm³/mol. The van der Waals surface area contributed by atoms with Gasteiger partial charge in [0.15, 0.2) is 18.9 Å². The van der Waals surface area contributed by atoms with Crippen LogP contribution in [-0.4, -0.2) is 163 Å². The highest BCUT2D eigenvalue weighted by Crippen LogP contribution is 2.71. The lowest BCUT2D eigenvalue weighted by atomic mass is 9.42. The molecule has 0 radical (unpaired) electrons. The van der Waals surface area contributed by atoms with Gasteiger partial charge >= 0.3 is 11.9 Å². The summed E-state index contributed by atoms with van der Waals surface area (Å²) in [6.07, 6.45) is -4.11. The molecule has 7 rings (SSSR count). The summed E-state index contributed by atoms with van der Waals surface area (Å²) in [6.45, 7) is 16.5. The van der Waals surface area contributed by atoms with E-state index in [1.165, 1.54) is 14.0 Å². The Morgan fingerprint density at radius 3 is 1.92 bits per heavy atom. The maximum atomic E-state index is 13.0. The monoisotopic (exact) mass is 943 g/mol. The highest BCUT2D eigenvalue weighted by molar-refractivity contribution is 5.72. The first-order chi connectivity index (χ1) is 31.1. The number of aliphatic hydroxyl groups is 4. The molecule has 0 amide bonds. The molecular formula is C49H82O17. The zero-order valence-electron chi connectivity index (χ0n) is 41.4. The normalized spacial score (nSPS) is 50.3. The summed E-state index contributed by atoms with van der Waals surface area (Å²) in [5.41, 5.74) is -4.41. The summed E-state index contributed by atoms with van der Waals surface area (Å²) in [6, 6.07) is 0. The quantitative estimate of drug-likeness (QED) is 0.141. The van der Waals surface area contributed by atoms with E-state index in [2.05, 4.69) is 6.92 Å². The van der Waals surface area contributed by atoms with Crippen molar-refractivity contribution in [3.05, 3.63) is 0 Å². The zero-order chi connectivity index (χ0) is 48.3. The van der Waals surface area contributed by atoms with Gasteiger partial charge in [0.25, 0.3) is 0 Å². The van der Waals surface area contributed by atoms with E-state index in [0.717, 1.165) is 32.1 Å². The zero-order valence-corrected chi connectivity index (χ0v) is 41.4. The van der Waals surface area contributed by atoms with Crippen LogP contribution in [0, 0.1) is 34.5 Å². The molecule has 0 spiro atoms. The van der Waals surface area contributed by atoms with Crippen LogP contribution in [-0.2, 0) is 61.7 Å². The van der Waals surface area contributed by atoms with Gasteiger partial charge in [0, 0.05) is 41.1 Å². The average molecular weight is 943 g/mol. The minimum Gasteiger partial charge on any atom is -0.462 e. The largest absolute Gasteiger partial charge is 0.462 e. The lowest BCUT2D eigenvalue weighted by molar-refractivity contribution is -0.352. The van der Waals surface area contributed by atoms with Crippen molar-refractivity contribution in [1.82, 2.24) is 0 Å². The number of methoxy groups -OCH3 is 3. The van der Waals surface area contributed by atoms with E-state index in [9.17, 15) is 30.0 Å². The van der Waals surface area contributed by atoms with Gasteiger partial charge in [0.05, 0.1) is 53.6 Å². The van der Waals surface area contributed by atoms with Gasteiger partial charge in [-0.05, 0) is 109 Å². The summed E-state index contributed by atoms with van der Waals surface area (Å²) in [7, 11) is 4.67. The fraction of sp³-hybridized carbons (Fsp3) is 0.959. The highest BCUT2D eigenvalue weighted by atomic mass is 16.8. The van der Waals surface area contributed by atoms with Gasteiger partial charge in [0.2, 0.25) is 0 Å². The summed E-state index contributed by atoms with van der Waals surface area (Å²) in [5, 5.41) is 47.0. The van der Waals surface area contributed by atoms with Crippen molar-refractivity contribution in [3.8, 4) is 0 Å². The van der Waals surface area contributed by atoms with Gasteiger partial charge in [-0.1, -0.05) is 27.7 Å². The van der Waals surface area contributed by atoms with E-state index < -0.39 is 109 Å². The van der Waals surface area contributed by atoms with Crippen LogP contribution in [0.25, 0.3) is 0 Å². The number of fused-ring (bicyclic) bond motifs is 5. The maximum Gasteiger partial charge on any atom is 0.309 e. The molecule has 3 saturated heterocycles. The number of hydrogen-bond acceptors (Lipinski definition) is 17. The fourth-order valence-corrected chi connectivity index (χ4v) is 13.9. The summed E-state index contributed by atoms with van der Waals surface area (Å²) in [4.78, 5) is 25.8. The van der Waals surface area contributed by atoms with Gasteiger partial charge in [-0.2, -0.15) is 0 Å². The van der Waals surface area contributed by atoms with Crippen LogP contribution in [0.1, 0.15) is 133 Å². The second-order valence-electron chi connectivity index (χ2n) is 21.5. The molecular weight excluding hydrogens is 861 g/mol. The molecule has 380 valence electrons. The standard InChI is InChI=1S/C49H82O17/c1-13-24(2)44(53)62-28(6)48(54)18-19-49(55)32-15-14-30-20-31(16-17-46(30,8)33(32)21-36(47(48,49)9)63-29(7)50)64-37-22-34(56-10)41(26(4)59-37)65-38-23-35(57-11)42(27(5)60-38)66-45-40(52)43(58-12)39(51)25(3)61-45/h24-28,30-43,45,51-52,54-55H,13-23H2,1-12H3/t24-,25-,26-,27-,28+,30+,31+,32-,33+,34+,35-,36-,37-,38+,39-,40-,41-,42-,43+,45+,46+,47-,48-,49+/m1/s1. The van der Waals surface area contributed by atoms with Crippen molar-refractivity contribution in [3.63, 3.8) is 0 Å². The van der Waals surface area contributed by atoms with E-state index >= 15 is 0 Å². The van der Waals surface area contributed by atoms with Gasteiger partial charge in [-0.25, -0.2) is 0 Å². The molecule has 24 atom stereocenters. The van der Waals surface area contributed by atoms with Gasteiger partial charge < -0.3 is 72.5 Å². The first-order valence-corrected chi connectivity index (χ1v) is 24.8. The van der Waals surface area contributed by atoms with Crippen molar-refractivity contribution in [2.75, 3.05) is 21.3 Å². The topological polar surface area (TPSA) is 217 Å². The Morgan fingerprint density at radius 1 is 0.712 bits per heavy atom. The Morgan fingerprint density at radius 2 is 1.33 bits per heavy atom. The third-order valence-electron chi connectivity index (χ3n) is 18.2. The summed E-state index contributed by atoms with van der Waals surface area (Å²) in [5.74, 6) is -1.02. The molecule has 4 aliphatic carbocycles. The Balaban J connectivity index is 0.971. The minimum atomic E-state index is -1.61. The second-order valence-corrected chi connectivity index (χ2v) is 21.5. The number of carbonyl (C=O) groups is 2. The van der Waals surface area contributed by atoms with Crippen LogP contribution < -0.4 is 0 Å². The Kier molecular flexibility index (Phi) is 16.0. The molecule has 0 unspecified atom stereocenters. The number of aliphatic hydroxyl groups excluding tert-OH is 2. The lowest BCUT2D eigenvalue weighted by Crippen LogP contribution is -2.72. The molecule has 3 aliphatic heterocycles. The molecule has 7 fully saturated rings. The molecule has 0 aromatic heterocycles. The van der Waals surface area contributed by atoms with Gasteiger partial charge in [-0.15, -0.1) is 0 Å². The van der Waals surface area contributed by atoms with Crippen LogP contribution >= 0.6 is 0 Å². The molecule has 4 N–H and O–H groups in total. The average Bonchev–Trinajstić information content (AvgIpc) is 3.50. The van der Waals surface area contributed by atoms with Crippen LogP contribution in [0.4, 0.5) is 0 Å². The van der Waals surface area contributed by atoms with Crippen molar-refractivity contribution in [2.24, 2.45) is 34.5 Å². The van der Waals surface area contributed by atoms with Crippen molar-refractivity contribution < 1.29 is 82.1 Å². The van der Waals surface area contributed by atoms with Crippen molar-refractivity contribution in [1.29, 1.82) is 0 Å². The second kappa shape index (κ2) is 20.3. The third kappa shape index (κ3) is 9.15. The Labute approximate surface area is 391 Å². The molecule has 66 heavy (non-hydrogen) atoms. The fourth-order valence-electron chi connectivity index (χ4n) is 13.9. The third-order valence-corrected chi connectivity index (χ3v) is 18.2. The van der Waals surface area contributed by atoms with Crippen LogP contribution in [0.15, 0.2) is 0 Å². The van der Waals surface area contributed by atoms with Crippen molar-refractivity contribution >= 4 is 11.9 Å². The number of rotatable bonds is 14. The first kappa shape index (κ1) is 52.2. The Bertz CT molecular complexity index is 1670. The van der Waals surface area contributed by atoms with Crippen molar-refractivity contribution in [2.45, 2.75) is 242 Å². The number of ether oxygens (including phenoxy) is 11. The van der Waals surface area contributed by atoms with Gasteiger partial charge in [0.1, 0.15) is 48.3 Å². The molecule has 0 aromatic carbocycles. The maximum absolute atomic E-state index is 13.0. The number of carbonyl (C=O) groups excluding carboxylic acids is 2. The molecule has 17 heteroatoms.